The van der Waals surface area contributed by atoms with Crippen molar-refractivity contribution in [2.75, 3.05) is 23.7 Å². The van der Waals surface area contributed by atoms with E-state index >= 15 is 0 Å². The number of carbonyl (C=O) groups is 1. The summed E-state index contributed by atoms with van der Waals surface area (Å²) in [4.78, 5) is 13.8. The molecule has 1 rings (SSSR count). The molecule has 3 N–H and O–H groups in total. The van der Waals surface area contributed by atoms with Gasteiger partial charge >= 0.3 is 0 Å². The summed E-state index contributed by atoms with van der Waals surface area (Å²) < 4.78 is 0. The fourth-order valence-corrected chi connectivity index (χ4v) is 1.89. The summed E-state index contributed by atoms with van der Waals surface area (Å²) in [6, 6.07) is 5.96. The number of nitrogen functional groups attached to an aromatic ring is 1. The lowest BCUT2D eigenvalue weighted by atomic mass is 10.1. The minimum absolute atomic E-state index is 0.0358. The molecule has 0 saturated carbocycles. The van der Waals surface area contributed by atoms with E-state index in [1.807, 2.05) is 50.8 Å². The van der Waals surface area contributed by atoms with E-state index in [-0.39, 0.29) is 11.9 Å². The first-order chi connectivity index (χ1) is 8.45. The summed E-state index contributed by atoms with van der Waals surface area (Å²) in [5.74, 6) is 0.0358. The van der Waals surface area contributed by atoms with Gasteiger partial charge in [0.2, 0.25) is 5.91 Å². The van der Waals surface area contributed by atoms with Gasteiger partial charge in [0.25, 0.3) is 0 Å². The lowest BCUT2D eigenvalue weighted by molar-refractivity contribution is -0.120. The molecule has 0 aliphatic carbocycles. The highest BCUT2D eigenvalue weighted by atomic mass is 16.2. The third-order valence-corrected chi connectivity index (χ3v) is 2.85. The second-order valence-corrected chi connectivity index (χ2v) is 4.73. The molecule has 1 amide bonds. The van der Waals surface area contributed by atoms with Crippen molar-refractivity contribution >= 4 is 17.3 Å². The molecular formula is C14H23N3O. The van der Waals surface area contributed by atoms with Crippen LogP contribution in [0, 0.1) is 6.92 Å². The fraction of sp³-hybridized carbons (Fsp3) is 0.500. The molecule has 1 aromatic carbocycles. The Morgan fingerprint density at radius 1 is 1.44 bits per heavy atom. The van der Waals surface area contributed by atoms with Crippen molar-refractivity contribution in [3.63, 3.8) is 0 Å². The van der Waals surface area contributed by atoms with Crippen molar-refractivity contribution in [3.05, 3.63) is 23.8 Å². The van der Waals surface area contributed by atoms with Crippen molar-refractivity contribution < 1.29 is 4.79 Å². The van der Waals surface area contributed by atoms with Crippen LogP contribution in [0.4, 0.5) is 11.4 Å². The van der Waals surface area contributed by atoms with E-state index in [4.69, 9.17) is 5.73 Å². The quantitative estimate of drug-likeness (QED) is 0.784. The molecule has 18 heavy (non-hydrogen) atoms. The van der Waals surface area contributed by atoms with E-state index in [9.17, 15) is 4.79 Å². The van der Waals surface area contributed by atoms with E-state index in [2.05, 4.69) is 5.32 Å². The molecule has 0 aromatic heterocycles. The van der Waals surface area contributed by atoms with Crippen LogP contribution in [0.3, 0.4) is 0 Å². The van der Waals surface area contributed by atoms with Gasteiger partial charge in [0.05, 0.1) is 6.54 Å². The third-order valence-electron chi connectivity index (χ3n) is 2.85. The third kappa shape index (κ3) is 3.65. The summed E-state index contributed by atoms with van der Waals surface area (Å²) in [5.41, 5.74) is 8.71. The smallest absolute Gasteiger partial charge is 0.239 e. The highest BCUT2D eigenvalue weighted by Crippen LogP contribution is 2.24. The SMILES string of the molecule is CCN(CC(=O)NC(C)C)c1cccc(N)c1C. The van der Waals surface area contributed by atoms with E-state index < -0.39 is 0 Å². The van der Waals surface area contributed by atoms with Gasteiger partial charge in [-0.3, -0.25) is 4.79 Å². The van der Waals surface area contributed by atoms with Crippen LogP contribution >= 0.6 is 0 Å². The highest BCUT2D eigenvalue weighted by Gasteiger charge is 2.13. The lowest BCUT2D eigenvalue weighted by Gasteiger charge is -2.25. The first kappa shape index (κ1) is 14.4. The number of nitrogens with zero attached hydrogens (tertiary/aromatic N) is 1. The van der Waals surface area contributed by atoms with Gasteiger partial charge in [-0.15, -0.1) is 0 Å². The molecule has 0 atom stereocenters. The molecule has 4 heteroatoms. The van der Waals surface area contributed by atoms with Crippen LogP contribution < -0.4 is 16.0 Å². The van der Waals surface area contributed by atoms with Crippen molar-refractivity contribution in [2.24, 2.45) is 0 Å². The van der Waals surface area contributed by atoms with Gasteiger partial charge < -0.3 is 16.0 Å². The Labute approximate surface area is 109 Å². The lowest BCUT2D eigenvalue weighted by Crippen LogP contribution is -2.40. The molecule has 4 nitrogen and oxygen atoms in total. The van der Waals surface area contributed by atoms with Crippen molar-refractivity contribution in [1.29, 1.82) is 0 Å². The Kier molecular flexibility index (Phi) is 5.01. The minimum atomic E-state index is 0.0358. The number of carbonyl (C=O) groups excluding carboxylic acids is 1. The van der Waals surface area contributed by atoms with Crippen LogP contribution in [-0.4, -0.2) is 25.0 Å². The largest absolute Gasteiger partial charge is 0.398 e. The number of hydrogen-bond acceptors (Lipinski definition) is 3. The number of nitrogens with one attached hydrogen (secondary N) is 1. The standard InChI is InChI=1S/C14H23N3O/c1-5-17(9-14(18)16-10(2)3)13-8-6-7-12(15)11(13)4/h6-8,10H,5,9,15H2,1-4H3,(H,16,18). The highest BCUT2D eigenvalue weighted by molar-refractivity contribution is 5.82. The number of anilines is 2. The summed E-state index contributed by atoms with van der Waals surface area (Å²) in [7, 11) is 0. The van der Waals surface area contributed by atoms with Crippen LogP contribution in [0.1, 0.15) is 26.3 Å². The Hall–Kier alpha value is -1.71. The maximum atomic E-state index is 11.8. The second-order valence-electron chi connectivity index (χ2n) is 4.73. The Morgan fingerprint density at radius 2 is 2.11 bits per heavy atom. The van der Waals surface area contributed by atoms with Crippen molar-refractivity contribution in [3.8, 4) is 0 Å². The molecule has 0 spiro atoms. The van der Waals surface area contributed by atoms with Gasteiger partial charge in [-0.25, -0.2) is 0 Å². The maximum absolute atomic E-state index is 11.8. The number of likely N-dealkylation sites (N-methyl/N-ethyl adjacent to an activating group) is 1. The zero-order valence-corrected chi connectivity index (χ0v) is 11.7. The number of benzene rings is 1. The number of rotatable bonds is 5. The Bertz CT molecular complexity index is 416. The van der Waals surface area contributed by atoms with Gasteiger partial charge in [0.1, 0.15) is 0 Å². The predicted octanol–water partition coefficient (Wildman–Crippen LogP) is 1.93. The zero-order valence-electron chi connectivity index (χ0n) is 11.7. The Balaban J connectivity index is 2.83. The molecule has 0 radical (unpaired) electrons. The molecule has 0 saturated heterocycles. The summed E-state index contributed by atoms with van der Waals surface area (Å²) in [5, 5.41) is 2.90. The molecule has 0 aliphatic rings. The fourth-order valence-electron chi connectivity index (χ4n) is 1.89. The summed E-state index contributed by atoms with van der Waals surface area (Å²) in [6.07, 6.45) is 0. The minimum Gasteiger partial charge on any atom is -0.398 e. The number of amides is 1. The predicted molar refractivity (Wildman–Crippen MR) is 76.8 cm³/mol. The van der Waals surface area contributed by atoms with Crippen LogP contribution in [0.15, 0.2) is 18.2 Å². The second kappa shape index (κ2) is 6.28. The van der Waals surface area contributed by atoms with E-state index in [1.54, 1.807) is 0 Å². The Morgan fingerprint density at radius 3 is 2.67 bits per heavy atom. The van der Waals surface area contributed by atoms with Crippen LogP contribution in [0.25, 0.3) is 0 Å². The van der Waals surface area contributed by atoms with Gasteiger partial charge in [-0.2, -0.15) is 0 Å². The number of hydrogen-bond donors (Lipinski definition) is 2. The van der Waals surface area contributed by atoms with Crippen LogP contribution in [0.2, 0.25) is 0 Å². The zero-order chi connectivity index (χ0) is 13.7. The van der Waals surface area contributed by atoms with Gasteiger partial charge in [-0.1, -0.05) is 6.07 Å². The molecule has 0 bridgehead atoms. The molecule has 0 heterocycles. The molecule has 0 aliphatic heterocycles. The average Bonchev–Trinajstić information content (AvgIpc) is 2.29. The topological polar surface area (TPSA) is 58.4 Å². The molecule has 1 aromatic rings. The average molecular weight is 249 g/mol. The van der Waals surface area contributed by atoms with E-state index in [0.717, 1.165) is 23.5 Å². The summed E-state index contributed by atoms with van der Waals surface area (Å²) >= 11 is 0. The van der Waals surface area contributed by atoms with Gasteiger partial charge in [0, 0.05) is 24.0 Å². The van der Waals surface area contributed by atoms with Crippen molar-refractivity contribution in [2.45, 2.75) is 33.7 Å². The molecular weight excluding hydrogens is 226 g/mol. The normalized spacial score (nSPS) is 10.5. The van der Waals surface area contributed by atoms with E-state index in [1.165, 1.54) is 0 Å². The van der Waals surface area contributed by atoms with Gasteiger partial charge in [0.15, 0.2) is 0 Å². The first-order valence-electron chi connectivity index (χ1n) is 6.35. The molecule has 0 unspecified atom stereocenters. The van der Waals surface area contributed by atoms with Crippen LogP contribution in [0.5, 0.6) is 0 Å². The summed E-state index contributed by atoms with van der Waals surface area (Å²) in [6.45, 7) is 9.06. The maximum Gasteiger partial charge on any atom is 0.239 e. The molecule has 0 fully saturated rings. The monoisotopic (exact) mass is 249 g/mol. The molecule has 100 valence electrons. The van der Waals surface area contributed by atoms with Crippen LogP contribution in [-0.2, 0) is 4.79 Å². The van der Waals surface area contributed by atoms with Crippen molar-refractivity contribution in [1.82, 2.24) is 5.32 Å². The van der Waals surface area contributed by atoms with E-state index in [0.29, 0.717) is 6.54 Å². The number of nitrogens with two attached hydrogens (primary N) is 1. The first-order valence-corrected chi connectivity index (χ1v) is 6.35. The van der Waals surface area contributed by atoms with Gasteiger partial charge in [-0.05, 0) is 45.4 Å².